The predicted octanol–water partition coefficient (Wildman–Crippen LogP) is 3.86. The lowest BCUT2D eigenvalue weighted by Crippen LogP contribution is -2.49. The van der Waals surface area contributed by atoms with E-state index in [1.165, 1.54) is 0 Å². The molecule has 0 aromatic heterocycles. The van der Waals surface area contributed by atoms with Crippen LogP contribution < -0.4 is 4.90 Å². The molecular formula is C19H20Cl2N2O2. The van der Waals surface area contributed by atoms with E-state index in [9.17, 15) is 4.79 Å². The van der Waals surface area contributed by atoms with Gasteiger partial charge in [-0.15, -0.1) is 0 Å². The number of anilines is 1. The Morgan fingerprint density at radius 3 is 2.24 bits per heavy atom. The first-order valence-electron chi connectivity index (χ1n) is 8.23. The fourth-order valence-electron chi connectivity index (χ4n) is 2.86. The van der Waals surface area contributed by atoms with Gasteiger partial charge in [-0.1, -0.05) is 53.5 Å². The minimum atomic E-state index is 0.00543. The fourth-order valence-corrected chi connectivity index (χ4v) is 3.31. The Hall–Kier alpha value is -1.75. The molecule has 6 heteroatoms. The summed E-state index contributed by atoms with van der Waals surface area (Å²) in [7, 11) is 0. The first-order chi connectivity index (χ1) is 12.1. The van der Waals surface area contributed by atoms with Gasteiger partial charge in [0.15, 0.2) is 0 Å². The van der Waals surface area contributed by atoms with E-state index in [1.807, 2.05) is 53.4 Å². The molecular weight excluding hydrogens is 359 g/mol. The van der Waals surface area contributed by atoms with Crippen LogP contribution in [0.3, 0.4) is 0 Å². The topological polar surface area (TPSA) is 32.8 Å². The van der Waals surface area contributed by atoms with Crippen molar-refractivity contribution in [2.75, 3.05) is 37.7 Å². The van der Waals surface area contributed by atoms with Gasteiger partial charge in [-0.3, -0.25) is 4.79 Å². The highest BCUT2D eigenvalue weighted by Crippen LogP contribution is 2.26. The van der Waals surface area contributed by atoms with Gasteiger partial charge in [-0.25, -0.2) is 0 Å². The molecule has 0 unspecified atom stereocenters. The van der Waals surface area contributed by atoms with Crippen molar-refractivity contribution in [2.24, 2.45) is 0 Å². The highest BCUT2D eigenvalue weighted by molar-refractivity contribution is 6.33. The van der Waals surface area contributed by atoms with E-state index >= 15 is 0 Å². The van der Waals surface area contributed by atoms with E-state index < -0.39 is 0 Å². The molecule has 1 amide bonds. The summed E-state index contributed by atoms with van der Waals surface area (Å²) in [5, 5.41) is 1.40. The summed E-state index contributed by atoms with van der Waals surface area (Å²) >= 11 is 12.3. The highest BCUT2D eigenvalue weighted by Gasteiger charge is 2.22. The second-order valence-corrected chi connectivity index (χ2v) is 6.72. The monoisotopic (exact) mass is 378 g/mol. The van der Waals surface area contributed by atoms with Crippen LogP contribution in [0, 0.1) is 0 Å². The Balaban J connectivity index is 1.46. The first-order valence-corrected chi connectivity index (χ1v) is 8.99. The number of carbonyl (C=O) groups is 1. The second kappa shape index (κ2) is 8.56. The maximum Gasteiger partial charge on any atom is 0.248 e. The summed E-state index contributed by atoms with van der Waals surface area (Å²) in [6.07, 6.45) is 0. The summed E-state index contributed by atoms with van der Waals surface area (Å²) in [6.45, 7) is 3.27. The number of carbonyl (C=O) groups excluding carboxylic acids is 1. The average molecular weight is 379 g/mol. The molecule has 1 aliphatic rings. The molecule has 1 aliphatic heterocycles. The molecule has 3 rings (SSSR count). The minimum absolute atomic E-state index is 0.00543. The molecule has 0 spiro atoms. The zero-order chi connectivity index (χ0) is 17.6. The Bertz CT molecular complexity index is 731. The number of benzene rings is 2. The third kappa shape index (κ3) is 4.66. The fraction of sp³-hybridized carbons (Fsp3) is 0.316. The summed E-state index contributed by atoms with van der Waals surface area (Å²) in [5.74, 6) is 0.00543. The van der Waals surface area contributed by atoms with Crippen molar-refractivity contribution in [3.63, 3.8) is 0 Å². The molecule has 25 heavy (non-hydrogen) atoms. The Labute approximate surface area is 157 Å². The number of amides is 1. The van der Waals surface area contributed by atoms with Crippen molar-refractivity contribution in [3.05, 3.63) is 64.1 Å². The summed E-state index contributed by atoms with van der Waals surface area (Å²) in [6, 6.07) is 15.3. The van der Waals surface area contributed by atoms with Crippen LogP contribution in [-0.4, -0.2) is 43.6 Å². The van der Waals surface area contributed by atoms with Gasteiger partial charge in [-0.05, 0) is 23.8 Å². The smallest absolute Gasteiger partial charge is 0.248 e. The van der Waals surface area contributed by atoms with Gasteiger partial charge in [0.05, 0.1) is 17.3 Å². The predicted molar refractivity (Wildman–Crippen MR) is 101 cm³/mol. The summed E-state index contributed by atoms with van der Waals surface area (Å²) < 4.78 is 5.54. The van der Waals surface area contributed by atoms with Crippen LogP contribution in [0.4, 0.5) is 5.69 Å². The van der Waals surface area contributed by atoms with Gasteiger partial charge in [-0.2, -0.15) is 0 Å². The van der Waals surface area contributed by atoms with E-state index in [2.05, 4.69) is 4.90 Å². The normalized spacial score (nSPS) is 14.6. The Morgan fingerprint density at radius 2 is 1.56 bits per heavy atom. The van der Waals surface area contributed by atoms with E-state index in [0.717, 1.165) is 29.4 Å². The molecule has 0 N–H and O–H groups in total. The second-order valence-electron chi connectivity index (χ2n) is 5.90. The van der Waals surface area contributed by atoms with Crippen molar-refractivity contribution >= 4 is 34.8 Å². The van der Waals surface area contributed by atoms with Crippen LogP contribution in [0.15, 0.2) is 48.5 Å². The van der Waals surface area contributed by atoms with Crippen LogP contribution >= 0.6 is 23.2 Å². The largest absolute Gasteiger partial charge is 0.367 e. The van der Waals surface area contributed by atoms with E-state index in [4.69, 9.17) is 27.9 Å². The van der Waals surface area contributed by atoms with Crippen LogP contribution in [0.2, 0.25) is 10.0 Å². The third-order valence-corrected chi connectivity index (χ3v) is 4.95. The Morgan fingerprint density at radius 1 is 0.920 bits per heavy atom. The molecule has 2 aromatic carbocycles. The van der Waals surface area contributed by atoms with Gasteiger partial charge in [0.1, 0.15) is 6.61 Å². The number of hydrogen-bond acceptors (Lipinski definition) is 3. The number of halogens is 2. The van der Waals surface area contributed by atoms with E-state index in [1.54, 1.807) is 0 Å². The van der Waals surface area contributed by atoms with Crippen LogP contribution in [0.1, 0.15) is 5.56 Å². The molecule has 0 atom stereocenters. The molecule has 4 nitrogen and oxygen atoms in total. The maximum atomic E-state index is 12.3. The number of rotatable bonds is 5. The highest BCUT2D eigenvalue weighted by atomic mass is 35.5. The SMILES string of the molecule is O=C(COCc1ccccc1Cl)N1CCN(c2ccccc2Cl)CC1. The van der Waals surface area contributed by atoms with Gasteiger partial charge < -0.3 is 14.5 Å². The molecule has 0 bridgehead atoms. The van der Waals surface area contributed by atoms with Gasteiger partial charge in [0.2, 0.25) is 5.91 Å². The van der Waals surface area contributed by atoms with Crippen molar-refractivity contribution in [2.45, 2.75) is 6.61 Å². The van der Waals surface area contributed by atoms with Crippen LogP contribution in [0.5, 0.6) is 0 Å². The molecule has 1 fully saturated rings. The van der Waals surface area contributed by atoms with Crippen molar-refractivity contribution in [1.29, 1.82) is 0 Å². The molecule has 1 heterocycles. The molecule has 2 aromatic rings. The third-order valence-electron chi connectivity index (χ3n) is 4.27. The Kier molecular flexibility index (Phi) is 6.19. The number of hydrogen-bond donors (Lipinski definition) is 0. The van der Waals surface area contributed by atoms with E-state index in [-0.39, 0.29) is 12.5 Å². The van der Waals surface area contributed by atoms with Crippen molar-refractivity contribution < 1.29 is 9.53 Å². The lowest BCUT2D eigenvalue weighted by molar-refractivity contribution is -0.136. The van der Waals surface area contributed by atoms with Crippen molar-refractivity contribution in [3.8, 4) is 0 Å². The minimum Gasteiger partial charge on any atom is -0.367 e. The zero-order valence-corrected chi connectivity index (χ0v) is 15.3. The molecule has 0 aliphatic carbocycles. The number of piperazine rings is 1. The van der Waals surface area contributed by atoms with Gasteiger partial charge in [0.25, 0.3) is 0 Å². The molecule has 132 valence electrons. The molecule has 0 saturated carbocycles. The van der Waals surface area contributed by atoms with Gasteiger partial charge >= 0.3 is 0 Å². The number of ether oxygens (including phenoxy) is 1. The molecule has 1 saturated heterocycles. The lowest BCUT2D eigenvalue weighted by Gasteiger charge is -2.36. The number of para-hydroxylation sites is 1. The lowest BCUT2D eigenvalue weighted by atomic mass is 10.2. The standard InChI is InChI=1S/C19H20Cl2N2O2/c20-16-6-2-1-5-15(16)13-25-14-19(24)23-11-9-22(10-12-23)18-8-4-3-7-17(18)21/h1-8H,9-14H2. The summed E-state index contributed by atoms with van der Waals surface area (Å²) in [4.78, 5) is 16.3. The number of nitrogens with zero attached hydrogens (tertiary/aromatic N) is 2. The van der Waals surface area contributed by atoms with Crippen molar-refractivity contribution in [1.82, 2.24) is 4.90 Å². The van der Waals surface area contributed by atoms with E-state index in [0.29, 0.717) is 24.7 Å². The van der Waals surface area contributed by atoms with Crippen LogP contribution in [0.25, 0.3) is 0 Å². The summed E-state index contributed by atoms with van der Waals surface area (Å²) in [5.41, 5.74) is 1.91. The van der Waals surface area contributed by atoms with Gasteiger partial charge in [0, 0.05) is 31.2 Å². The zero-order valence-electron chi connectivity index (χ0n) is 13.8. The molecule has 0 radical (unpaired) electrons. The maximum absolute atomic E-state index is 12.3. The van der Waals surface area contributed by atoms with Crippen LogP contribution in [-0.2, 0) is 16.1 Å². The quantitative estimate of drug-likeness (QED) is 0.791. The first kappa shape index (κ1) is 18.1. The average Bonchev–Trinajstić information content (AvgIpc) is 2.64.